The van der Waals surface area contributed by atoms with Crippen LogP contribution in [0.4, 0.5) is 18.6 Å². The highest BCUT2D eigenvalue weighted by molar-refractivity contribution is 6.62. The summed E-state index contributed by atoms with van der Waals surface area (Å²) < 4.78 is 35.1. The van der Waals surface area contributed by atoms with E-state index in [9.17, 15) is 12.9 Å². The minimum atomic E-state index is -4.93. The van der Waals surface area contributed by atoms with Gasteiger partial charge in [-0.2, -0.15) is 0 Å². The van der Waals surface area contributed by atoms with Crippen molar-refractivity contribution in [3.8, 4) is 0 Å². The second-order valence-electron chi connectivity index (χ2n) is 2.09. The Balaban J connectivity index is 2.66. The smallest absolute Gasteiger partial charge is 0.473 e. The minimum Gasteiger partial charge on any atom is -0.473 e. The van der Waals surface area contributed by atoms with E-state index < -0.39 is 7.11 Å². The van der Waals surface area contributed by atoms with Gasteiger partial charge in [-0.3, -0.25) is 0 Å². The highest BCUT2D eigenvalue weighted by Crippen LogP contribution is 2.14. The summed E-state index contributed by atoms with van der Waals surface area (Å²) in [7, 11) is -4.93. The lowest BCUT2D eigenvalue weighted by Crippen LogP contribution is -2.27. The Bertz CT molecular complexity index is 221. The molecule has 1 nitrogen and oxygen atoms in total. The SMILES string of the molecule is F[B-](F)(F)Nc1ccccc1. The number of hydrogen-bond acceptors (Lipinski definition) is 1. The van der Waals surface area contributed by atoms with Gasteiger partial charge in [0.2, 0.25) is 0 Å². The van der Waals surface area contributed by atoms with Crippen LogP contribution in [0.2, 0.25) is 0 Å². The van der Waals surface area contributed by atoms with Crippen molar-refractivity contribution in [1.82, 2.24) is 0 Å². The molecule has 0 saturated heterocycles. The molecule has 0 bridgehead atoms. The molecule has 0 spiro atoms. The summed E-state index contributed by atoms with van der Waals surface area (Å²) in [5.74, 6) is 0. The van der Waals surface area contributed by atoms with Crippen LogP contribution in [0.15, 0.2) is 30.3 Å². The van der Waals surface area contributed by atoms with Gasteiger partial charge in [0.25, 0.3) is 0 Å². The van der Waals surface area contributed by atoms with Crippen LogP contribution in [-0.2, 0) is 0 Å². The summed E-state index contributed by atoms with van der Waals surface area (Å²) in [6.45, 7) is 0. The van der Waals surface area contributed by atoms with Gasteiger partial charge < -0.3 is 18.2 Å². The molecule has 1 rings (SSSR count). The second kappa shape index (κ2) is 2.86. The van der Waals surface area contributed by atoms with Crippen molar-refractivity contribution in [1.29, 1.82) is 0 Å². The van der Waals surface area contributed by atoms with Crippen LogP contribution in [0.3, 0.4) is 0 Å². The molecule has 0 saturated carbocycles. The fourth-order valence-electron chi connectivity index (χ4n) is 0.723. The number of rotatable bonds is 2. The first-order chi connectivity index (χ1) is 5.08. The van der Waals surface area contributed by atoms with Crippen molar-refractivity contribution < 1.29 is 12.9 Å². The fraction of sp³-hybridized carbons (Fsp3) is 0. The lowest BCUT2D eigenvalue weighted by Gasteiger charge is -2.17. The largest absolute Gasteiger partial charge is 0.595 e. The first-order valence-electron chi connectivity index (χ1n) is 3.10. The molecule has 0 aliphatic rings. The number of benzene rings is 1. The molecule has 0 aromatic heterocycles. The lowest BCUT2D eigenvalue weighted by molar-refractivity contribution is 0.487. The van der Waals surface area contributed by atoms with Gasteiger partial charge in [0, 0.05) is 5.69 Å². The third-order valence-electron chi connectivity index (χ3n) is 1.10. The van der Waals surface area contributed by atoms with Gasteiger partial charge >= 0.3 is 7.11 Å². The van der Waals surface area contributed by atoms with E-state index in [0.29, 0.717) is 0 Å². The van der Waals surface area contributed by atoms with Crippen LogP contribution in [0.1, 0.15) is 0 Å². The number of hydrogen-bond donors (Lipinski definition) is 1. The maximum atomic E-state index is 11.7. The van der Waals surface area contributed by atoms with Gasteiger partial charge in [-0.1, -0.05) is 18.2 Å². The van der Waals surface area contributed by atoms with E-state index >= 15 is 0 Å². The Labute approximate surface area is 62.3 Å². The zero-order chi connectivity index (χ0) is 8.32. The summed E-state index contributed by atoms with van der Waals surface area (Å²) in [5, 5.41) is 1.44. The van der Waals surface area contributed by atoms with Crippen LogP contribution in [0.5, 0.6) is 0 Å². The average Bonchev–Trinajstić information content (AvgIpc) is 1.85. The van der Waals surface area contributed by atoms with Gasteiger partial charge in [-0.15, -0.1) is 0 Å². The van der Waals surface area contributed by atoms with E-state index in [1.54, 1.807) is 18.2 Å². The van der Waals surface area contributed by atoms with Gasteiger partial charge in [0.1, 0.15) is 0 Å². The Kier molecular flexibility index (Phi) is 2.07. The first kappa shape index (κ1) is 7.98. The van der Waals surface area contributed by atoms with Crippen LogP contribution < -0.4 is 5.23 Å². The molecule has 0 heterocycles. The maximum Gasteiger partial charge on any atom is 0.595 e. The van der Waals surface area contributed by atoms with Crippen LogP contribution in [0.25, 0.3) is 0 Å². The van der Waals surface area contributed by atoms with Crippen molar-refractivity contribution in [2.75, 3.05) is 5.23 Å². The summed E-state index contributed by atoms with van der Waals surface area (Å²) in [5.41, 5.74) is 0.0833. The van der Waals surface area contributed by atoms with E-state index in [1.165, 1.54) is 17.4 Å². The van der Waals surface area contributed by atoms with Crippen LogP contribution in [0, 0.1) is 0 Å². The topological polar surface area (TPSA) is 12.0 Å². The van der Waals surface area contributed by atoms with Crippen LogP contribution >= 0.6 is 0 Å². The second-order valence-corrected chi connectivity index (χ2v) is 2.09. The Morgan fingerprint density at radius 3 is 2.00 bits per heavy atom. The molecule has 0 fully saturated rings. The maximum absolute atomic E-state index is 11.7. The molecule has 60 valence electrons. The van der Waals surface area contributed by atoms with Gasteiger partial charge in [0.15, 0.2) is 0 Å². The number of nitrogens with one attached hydrogen (secondary N) is 1. The predicted molar refractivity (Wildman–Crippen MR) is 39.1 cm³/mol. The van der Waals surface area contributed by atoms with E-state index in [1.807, 2.05) is 0 Å². The molecular formula is C6H6BF3N-. The third kappa shape index (κ3) is 2.97. The molecule has 0 unspecified atom stereocenters. The molecule has 1 aromatic rings. The van der Waals surface area contributed by atoms with Crippen molar-refractivity contribution in [3.05, 3.63) is 30.3 Å². The Morgan fingerprint density at radius 1 is 1.00 bits per heavy atom. The Hall–Kier alpha value is -1.13. The fourth-order valence-corrected chi connectivity index (χ4v) is 0.723. The molecule has 1 N–H and O–H groups in total. The minimum absolute atomic E-state index is 0.0833. The first-order valence-corrected chi connectivity index (χ1v) is 3.10. The van der Waals surface area contributed by atoms with Gasteiger partial charge in [-0.25, -0.2) is 0 Å². The molecule has 5 heteroatoms. The average molecular weight is 160 g/mol. The van der Waals surface area contributed by atoms with Crippen molar-refractivity contribution in [2.24, 2.45) is 0 Å². The van der Waals surface area contributed by atoms with Crippen molar-refractivity contribution in [2.45, 2.75) is 0 Å². The number of halogens is 3. The molecule has 0 aliphatic carbocycles. The standard InChI is InChI=1S/C6H6BF3N/c8-7(9,10)11-6-4-2-1-3-5-6/h1-5,11H/q-1. The van der Waals surface area contributed by atoms with E-state index in [4.69, 9.17) is 0 Å². The van der Waals surface area contributed by atoms with Crippen molar-refractivity contribution in [3.63, 3.8) is 0 Å². The highest BCUT2D eigenvalue weighted by Gasteiger charge is 2.22. The normalized spacial score (nSPS) is 11.2. The van der Waals surface area contributed by atoms with Crippen molar-refractivity contribution >= 4 is 12.8 Å². The summed E-state index contributed by atoms with van der Waals surface area (Å²) in [6, 6.07) is 7.49. The molecule has 0 aliphatic heterocycles. The third-order valence-corrected chi connectivity index (χ3v) is 1.10. The number of para-hydroxylation sites is 1. The zero-order valence-corrected chi connectivity index (χ0v) is 5.60. The molecule has 0 radical (unpaired) electrons. The predicted octanol–water partition coefficient (Wildman–Crippen LogP) is 2.44. The van der Waals surface area contributed by atoms with Crippen LogP contribution in [-0.4, -0.2) is 7.11 Å². The quantitative estimate of drug-likeness (QED) is 0.655. The van der Waals surface area contributed by atoms with E-state index in [-0.39, 0.29) is 5.69 Å². The highest BCUT2D eigenvalue weighted by atomic mass is 19.4. The number of anilines is 1. The molecule has 1 aromatic carbocycles. The van der Waals surface area contributed by atoms with E-state index in [0.717, 1.165) is 0 Å². The van der Waals surface area contributed by atoms with Gasteiger partial charge in [-0.05, 0) is 12.1 Å². The molecular weight excluding hydrogens is 154 g/mol. The summed E-state index contributed by atoms with van der Waals surface area (Å²) in [6.07, 6.45) is 0. The molecule has 11 heavy (non-hydrogen) atoms. The van der Waals surface area contributed by atoms with E-state index in [2.05, 4.69) is 0 Å². The molecule has 0 atom stereocenters. The Morgan fingerprint density at radius 2 is 1.55 bits per heavy atom. The summed E-state index contributed by atoms with van der Waals surface area (Å²) >= 11 is 0. The van der Waals surface area contributed by atoms with Gasteiger partial charge in [0.05, 0.1) is 0 Å². The monoisotopic (exact) mass is 160 g/mol. The zero-order valence-electron chi connectivity index (χ0n) is 5.60. The summed E-state index contributed by atoms with van der Waals surface area (Å²) in [4.78, 5) is 0. The molecule has 0 amide bonds. The lowest BCUT2D eigenvalue weighted by atomic mass is 10.1.